The molecule has 0 aromatic heterocycles. The van der Waals surface area contributed by atoms with Crippen LogP contribution in [0.4, 0.5) is 0 Å². The van der Waals surface area contributed by atoms with Crippen molar-refractivity contribution in [3.63, 3.8) is 0 Å². The molecule has 0 spiro atoms. The van der Waals surface area contributed by atoms with Crippen LogP contribution in [0, 0.1) is 0 Å². The summed E-state index contributed by atoms with van der Waals surface area (Å²) in [6.45, 7) is 5.64. The number of carbonyl (C=O) groups is 1. The highest BCUT2D eigenvalue weighted by molar-refractivity contribution is 5.78. The molecule has 2 aliphatic heterocycles. The lowest BCUT2D eigenvalue weighted by Gasteiger charge is -2.37. The van der Waals surface area contributed by atoms with Crippen molar-refractivity contribution in [1.29, 1.82) is 0 Å². The lowest BCUT2D eigenvalue weighted by molar-refractivity contribution is -0.137. The maximum atomic E-state index is 12.4. The maximum Gasteiger partial charge on any atom is 0.236 e. The Morgan fingerprint density at radius 1 is 1.10 bits per heavy atom. The van der Waals surface area contributed by atoms with Gasteiger partial charge in [0.25, 0.3) is 0 Å². The summed E-state index contributed by atoms with van der Waals surface area (Å²) in [6.07, 6.45) is 6.44. The Morgan fingerprint density at radius 3 is 2.65 bits per heavy atom. The van der Waals surface area contributed by atoms with Crippen LogP contribution in [0.1, 0.15) is 32.1 Å². The summed E-state index contributed by atoms with van der Waals surface area (Å²) in [5.74, 6) is 0.284. The Bertz CT molecular complexity index is 327. The second-order valence-electron chi connectivity index (χ2n) is 6.30. The third-order valence-corrected chi connectivity index (χ3v) is 4.67. The molecule has 5 nitrogen and oxygen atoms in total. The largest absolute Gasteiger partial charge is 0.378 e. The van der Waals surface area contributed by atoms with E-state index in [9.17, 15) is 4.79 Å². The van der Waals surface area contributed by atoms with Gasteiger partial charge in [-0.1, -0.05) is 6.42 Å². The summed E-state index contributed by atoms with van der Waals surface area (Å²) in [5, 5.41) is 3.62. The SMILES string of the molecule is O=C(CN1CCCCC1CNC1CC1)N1CCOCC1. The molecule has 1 saturated carbocycles. The van der Waals surface area contributed by atoms with E-state index >= 15 is 0 Å². The van der Waals surface area contributed by atoms with Gasteiger partial charge in [0.2, 0.25) is 5.91 Å². The van der Waals surface area contributed by atoms with Crippen LogP contribution in [0.15, 0.2) is 0 Å². The minimum absolute atomic E-state index is 0.284. The topological polar surface area (TPSA) is 44.8 Å². The standard InChI is InChI=1S/C15H27N3O2/c19-15(17-7-9-20-10-8-17)12-18-6-2-1-3-14(18)11-16-13-4-5-13/h13-14,16H,1-12H2. The predicted octanol–water partition coefficient (Wildman–Crippen LogP) is 0.452. The highest BCUT2D eigenvalue weighted by Crippen LogP contribution is 2.21. The molecule has 0 aromatic rings. The van der Waals surface area contributed by atoms with Gasteiger partial charge >= 0.3 is 0 Å². The molecule has 3 fully saturated rings. The second kappa shape index (κ2) is 6.87. The van der Waals surface area contributed by atoms with Crippen molar-refractivity contribution in [2.24, 2.45) is 0 Å². The van der Waals surface area contributed by atoms with Crippen LogP contribution in [0.25, 0.3) is 0 Å². The molecule has 1 amide bonds. The van der Waals surface area contributed by atoms with E-state index in [0.717, 1.165) is 32.2 Å². The van der Waals surface area contributed by atoms with E-state index in [1.165, 1.54) is 32.1 Å². The average molecular weight is 281 g/mol. The zero-order chi connectivity index (χ0) is 13.8. The number of carbonyl (C=O) groups excluding carboxylic acids is 1. The van der Waals surface area contributed by atoms with Crippen molar-refractivity contribution >= 4 is 5.91 Å². The molecule has 0 bridgehead atoms. The Labute approximate surface area is 121 Å². The molecule has 2 saturated heterocycles. The van der Waals surface area contributed by atoms with E-state index in [-0.39, 0.29) is 5.91 Å². The van der Waals surface area contributed by atoms with E-state index in [2.05, 4.69) is 10.2 Å². The molecule has 1 unspecified atom stereocenters. The lowest BCUT2D eigenvalue weighted by Crippen LogP contribution is -2.52. The Hall–Kier alpha value is -0.650. The summed E-state index contributed by atoms with van der Waals surface area (Å²) in [6, 6.07) is 1.31. The first-order valence-electron chi connectivity index (χ1n) is 8.16. The Morgan fingerprint density at radius 2 is 1.90 bits per heavy atom. The van der Waals surface area contributed by atoms with Crippen LogP contribution < -0.4 is 5.32 Å². The van der Waals surface area contributed by atoms with Crippen LogP contribution in [-0.2, 0) is 9.53 Å². The third-order valence-electron chi connectivity index (χ3n) is 4.67. The molecule has 1 N–H and O–H groups in total. The summed E-state index contributed by atoms with van der Waals surface area (Å²) in [7, 11) is 0. The third kappa shape index (κ3) is 3.93. The average Bonchev–Trinajstić information content (AvgIpc) is 3.31. The summed E-state index contributed by atoms with van der Waals surface area (Å²) in [5.41, 5.74) is 0. The van der Waals surface area contributed by atoms with Gasteiger partial charge in [0, 0.05) is 31.7 Å². The number of likely N-dealkylation sites (tertiary alicyclic amines) is 1. The van der Waals surface area contributed by atoms with Crippen LogP contribution in [0.3, 0.4) is 0 Å². The van der Waals surface area contributed by atoms with Gasteiger partial charge in [-0.3, -0.25) is 9.69 Å². The Kier molecular flexibility index (Phi) is 4.91. The zero-order valence-corrected chi connectivity index (χ0v) is 12.4. The van der Waals surface area contributed by atoms with Gasteiger partial charge in [-0.05, 0) is 32.2 Å². The number of nitrogens with zero attached hydrogens (tertiary/aromatic N) is 2. The van der Waals surface area contributed by atoms with Gasteiger partial charge < -0.3 is 15.0 Å². The van der Waals surface area contributed by atoms with Crippen LogP contribution in [0.2, 0.25) is 0 Å². The van der Waals surface area contributed by atoms with Crippen molar-refractivity contribution < 1.29 is 9.53 Å². The minimum Gasteiger partial charge on any atom is -0.378 e. The molecule has 0 aromatic carbocycles. The van der Waals surface area contributed by atoms with Gasteiger partial charge in [0.1, 0.15) is 0 Å². The lowest BCUT2D eigenvalue weighted by atomic mass is 10.0. The minimum atomic E-state index is 0.284. The second-order valence-corrected chi connectivity index (χ2v) is 6.30. The van der Waals surface area contributed by atoms with Crippen LogP contribution >= 0.6 is 0 Å². The zero-order valence-electron chi connectivity index (χ0n) is 12.4. The maximum absolute atomic E-state index is 12.4. The van der Waals surface area contributed by atoms with E-state index < -0.39 is 0 Å². The number of nitrogens with one attached hydrogen (secondary N) is 1. The van der Waals surface area contributed by atoms with E-state index in [1.54, 1.807) is 0 Å². The first-order chi connectivity index (χ1) is 9.83. The molecule has 1 aliphatic carbocycles. The summed E-state index contributed by atoms with van der Waals surface area (Å²) >= 11 is 0. The highest BCUT2D eigenvalue weighted by Gasteiger charge is 2.28. The molecule has 3 aliphatic rings. The number of piperidine rings is 1. The smallest absolute Gasteiger partial charge is 0.236 e. The van der Waals surface area contributed by atoms with Gasteiger partial charge in [0.15, 0.2) is 0 Å². The quantitative estimate of drug-likeness (QED) is 0.795. The van der Waals surface area contributed by atoms with Crippen molar-refractivity contribution in [3.05, 3.63) is 0 Å². The fraction of sp³-hybridized carbons (Fsp3) is 0.933. The van der Waals surface area contributed by atoms with Crippen molar-refractivity contribution in [3.8, 4) is 0 Å². The van der Waals surface area contributed by atoms with Crippen molar-refractivity contribution in [2.75, 3.05) is 45.9 Å². The highest BCUT2D eigenvalue weighted by atomic mass is 16.5. The molecule has 0 radical (unpaired) electrons. The fourth-order valence-corrected chi connectivity index (χ4v) is 3.18. The van der Waals surface area contributed by atoms with Gasteiger partial charge in [-0.15, -0.1) is 0 Å². The van der Waals surface area contributed by atoms with Crippen LogP contribution in [0.5, 0.6) is 0 Å². The Balaban J connectivity index is 1.48. The molecule has 20 heavy (non-hydrogen) atoms. The van der Waals surface area contributed by atoms with Crippen LogP contribution in [-0.4, -0.2) is 73.7 Å². The molecule has 5 heteroatoms. The molecule has 1 atom stereocenters. The number of ether oxygens (including phenoxy) is 1. The molecule has 114 valence electrons. The molecular weight excluding hydrogens is 254 g/mol. The molecular formula is C15H27N3O2. The van der Waals surface area contributed by atoms with E-state index in [1.807, 2.05) is 4.90 Å². The van der Waals surface area contributed by atoms with E-state index in [0.29, 0.717) is 25.8 Å². The molecule has 3 rings (SSSR count). The van der Waals surface area contributed by atoms with E-state index in [4.69, 9.17) is 4.74 Å². The molecule has 2 heterocycles. The van der Waals surface area contributed by atoms with Gasteiger partial charge in [0.05, 0.1) is 19.8 Å². The first-order valence-corrected chi connectivity index (χ1v) is 8.16. The number of hydrogen-bond acceptors (Lipinski definition) is 4. The van der Waals surface area contributed by atoms with Gasteiger partial charge in [-0.25, -0.2) is 0 Å². The van der Waals surface area contributed by atoms with Gasteiger partial charge in [-0.2, -0.15) is 0 Å². The monoisotopic (exact) mass is 281 g/mol. The fourth-order valence-electron chi connectivity index (χ4n) is 3.18. The number of rotatable bonds is 5. The normalized spacial score (nSPS) is 28.6. The first kappa shape index (κ1) is 14.3. The van der Waals surface area contributed by atoms with Crippen molar-refractivity contribution in [1.82, 2.24) is 15.1 Å². The number of hydrogen-bond donors (Lipinski definition) is 1. The number of amides is 1. The summed E-state index contributed by atoms with van der Waals surface area (Å²) < 4.78 is 5.32. The predicted molar refractivity (Wildman–Crippen MR) is 77.6 cm³/mol. The number of morpholine rings is 1. The summed E-state index contributed by atoms with van der Waals surface area (Å²) in [4.78, 5) is 16.7. The van der Waals surface area contributed by atoms with Crippen molar-refractivity contribution in [2.45, 2.75) is 44.2 Å².